The Balaban J connectivity index is 2.01. The first kappa shape index (κ1) is 6.99. The van der Waals surface area contributed by atoms with Crippen molar-refractivity contribution >= 4 is 11.8 Å². The molecule has 1 heterocycles. The summed E-state index contributed by atoms with van der Waals surface area (Å²) in [5.41, 5.74) is 0. The van der Waals surface area contributed by atoms with Gasteiger partial charge in [-0.3, -0.25) is 0 Å². The maximum Gasteiger partial charge on any atom is 0.0561 e. The maximum absolute atomic E-state index is 3.57. The van der Waals surface area contributed by atoms with Crippen LogP contribution in [0.25, 0.3) is 0 Å². The first-order valence-corrected chi connectivity index (χ1v) is 5.47. The van der Waals surface area contributed by atoms with Crippen molar-refractivity contribution in [1.82, 2.24) is 5.32 Å². The summed E-state index contributed by atoms with van der Waals surface area (Å²) in [5, 5.41) is 4.36. The Morgan fingerprint density at radius 1 is 1.40 bits per heavy atom. The van der Waals surface area contributed by atoms with Gasteiger partial charge in [-0.15, -0.1) is 11.8 Å². The molecule has 1 aliphatic heterocycles. The van der Waals surface area contributed by atoms with Gasteiger partial charge in [0.15, 0.2) is 0 Å². The van der Waals surface area contributed by atoms with Gasteiger partial charge < -0.3 is 5.32 Å². The summed E-state index contributed by atoms with van der Waals surface area (Å²) < 4.78 is 0. The molecule has 0 aromatic rings. The summed E-state index contributed by atoms with van der Waals surface area (Å²) in [6.07, 6.45) is 6.66. The normalized spacial score (nSPS) is 45.9. The van der Waals surface area contributed by atoms with Crippen LogP contribution in [0.5, 0.6) is 0 Å². The summed E-state index contributed by atoms with van der Waals surface area (Å²) in [5.74, 6) is 2.03. The predicted molar refractivity (Wildman–Crippen MR) is 46.1 cm³/mol. The third-order valence-electron chi connectivity index (χ3n) is 2.94. The fourth-order valence-electron chi connectivity index (χ4n) is 2.39. The Morgan fingerprint density at radius 3 is 3.10 bits per heavy atom. The van der Waals surface area contributed by atoms with Crippen LogP contribution in [0.3, 0.4) is 0 Å². The number of rotatable bonds is 1. The molecule has 0 spiro atoms. The zero-order chi connectivity index (χ0) is 6.97. The minimum absolute atomic E-state index is 0.785. The van der Waals surface area contributed by atoms with Crippen molar-refractivity contribution < 1.29 is 0 Å². The molecule has 0 aromatic carbocycles. The van der Waals surface area contributed by atoms with Gasteiger partial charge in [-0.25, -0.2) is 0 Å². The zero-order valence-corrected chi connectivity index (χ0v) is 7.29. The molecule has 1 aliphatic carbocycles. The van der Waals surface area contributed by atoms with E-state index in [0.717, 1.165) is 17.2 Å². The van der Waals surface area contributed by atoms with Crippen LogP contribution >= 0.6 is 11.8 Å². The van der Waals surface area contributed by atoms with Gasteiger partial charge in [0.25, 0.3) is 0 Å². The third kappa shape index (κ3) is 0.978. The molecule has 1 N–H and O–H groups in total. The SMILES string of the molecule is CSC1NCC2CCCC21. The highest BCUT2D eigenvalue weighted by Crippen LogP contribution is 2.40. The van der Waals surface area contributed by atoms with Gasteiger partial charge in [0, 0.05) is 0 Å². The molecule has 3 unspecified atom stereocenters. The summed E-state index contributed by atoms with van der Waals surface area (Å²) in [6.45, 7) is 1.29. The van der Waals surface area contributed by atoms with E-state index in [-0.39, 0.29) is 0 Å². The number of thioether (sulfide) groups is 1. The van der Waals surface area contributed by atoms with Crippen LogP contribution in [0, 0.1) is 11.8 Å². The van der Waals surface area contributed by atoms with Gasteiger partial charge in [0.05, 0.1) is 5.37 Å². The average molecular weight is 157 g/mol. The molecule has 0 aromatic heterocycles. The summed E-state index contributed by atoms with van der Waals surface area (Å²) >= 11 is 2.00. The van der Waals surface area contributed by atoms with Crippen molar-refractivity contribution in [1.29, 1.82) is 0 Å². The van der Waals surface area contributed by atoms with Crippen molar-refractivity contribution in [3.8, 4) is 0 Å². The van der Waals surface area contributed by atoms with Crippen LogP contribution < -0.4 is 5.32 Å². The van der Waals surface area contributed by atoms with E-state index >= 15 is 0 Å². The van der Waals surface area contributed by atoms with Crippen molar-refractivity contribution in [3.63, 3.8) is 0 Å². The van der Waals surface area contributed by atoms with E-state index in [2.05, 4.69) is 11.6 Å². The van der Waals surface area contributed by atoms with Gasteiger partial charge in [0.2, 0.25) is 0 Å². The van der Waals surface area contributed by atoms with Crippen LogP contribution in [0.15, 0.2) is 0 Å². The van der Waals surface area contributed by atoms with Crippen LogP contribution in [-0.2, 0) is 0 Å². The predicted octanol–water partition coefficient (Wildman–Crippen LogP) is 1.70. The molecule has 0 bridgehead atoms. The van der Waals surface area contributed by atoms with Gasteiger partial charge in [-0.05, 0) is 37.5 Å². The first-order chi connectivity index (χ1) is 4.92. The van der Waals surface area contributed by atoms with Crippen LogP contribution in [-0.4, -0.2) is 18.2 Å². The molecule has 58 valence electrons. The lowest BCUT2D eigenvalue weighted by molar-refractivity contribution is 0.480. The summed E-state index contributed by atoms with van der Waals surface area (Å²) in [6, 6.07) is 0. The van der Waals surface area contributed by atoms with E-state index in [9.17, 15) is 0 Å². The second kappa shape index (κ2) is 2.74. The summed E-state index contributed by atoms with van der Waals surface area (Å²) in [7, 11) is 0. The van der Waals surface area contributed by atoms with Crippen LogP contribution in [0.2, 0.25) is 0 Å². The molecular formula is C8H15NS. The van der Waals surface area contributed by atoms with E-state index in [4.69, 9.17) is 0 Å². The second-order valence-electron chi connectivity index (χ2n) is 3.42. The molecule has 3 atom stereocenters. The molecule has 10 heavy (non-hydrogen) atoms. The fraction of sp³-hybridized carbons (Fsp3) is 1.00. The number of hydrogen-bond acceptors (Lipinski definition) is 2. The molecule has 2 fully saturated rings. The monoisotopic (exact) mass is 157 g/mol. The number of hydrogen-bond donors (Lipinski definition) is 1. The van der Waals surface area contributed by atoms with Crippen molar-refractivity contribution in [2.45, 2.75) is 24.6 Å². The average Bonchev–Trinajstić information content (AvgIpc) is 2.44. The van der Waals surface area contributed by atoms with E-state index in [1.165, 1.54) is 25.8 Å². The zero-order valence-electron chi connectivity index (χ0n) is 6.47. The molecule has 2 heteroatoms. The quantitative estimate of drug-likeness (QED) is 0.621. The molecule has 2 aliphatic rings. The second-order valence-corrected chi connectivity index (χ2v) is 4.40. The molecule has 1 nitrogen and oxygen atoms in total. The standard InChI is InChI=1S/C8H15NS/c1-10-8-7-4-2-3-6(7)5-9-8/h6-9H,2-5H2,1H3. The van der Waals surface area contributed by atoms with Crippen molar-refractivity contribution in [3.05, 3.63) is 0 Å². The number of nitrogens with one attached hydrogen (secondary N) is 1. The highest BCUT2D eigenvalue weighted by Gasteiger charge is 2.38. The largest absolute Gasteiger partial charge is 0.305 e. The third-order valence-corrected chi connectivity index (χ3v) is 3.97. The molecule has 1 saturated carbocycles. The first-order valence-electron chi connectivity index (χ1n) is 4.18. The van der Waals surface area contributed by atoms with Gasteiger partial charge in [-0.1, -0.05) is 6.42 Å². The van der Waals surface area contributed by atoms with E-state index in [0.29, 0.717) is 0 Å². The van der Waals surface area contributed by atoms with E-state index < -0.39 is 0 Å². The molecule has 1 saturated heterocycles. The van der Waals surface area contributed by atoms with Crippen molar-refractivity contribution in [2.75, 3.05) is 12.8 Å². The molecule has 2 rings (SSSR count). The van der Waals surface area contributed by atoms with Crippen molar-refractivity contribution in [2.24, 2.45) is 11.8 Å². The highest BCUT2D eigenvalue weighted by molar-refractivity contribution is 7.99. The number of fused-ring (bicyclic) bond motifs is 1. The van der Waals surface area contributed by atoms with Gasteiger partial charge in [0.1, 0.15) is 0 Å². The van der Waals surface area contributed by atoms with Crippen LogP contribution in [0.4, 0.5) is 0 Å². The lowest BCUT2D eigenvalue weighted by Gasteiger charge is -2.14. The van der Waals surface area contributed by atoms with Gasteiger partial charge >= 0.3 is 0 Å². The topological polar surface area (TPSA) is 12.0 Å². The highest BCUT2D eigenvalue weighted by atomic mass is 32.2. The minimum atomic E-state index is 0.785. The lowest BCUT2D eigenvalue weighted by Crippen LogP contribution is -2.22. The van der Waals surface area contributed by atoms with E-state index in [1.54, 1.807) is 0 Å². The van der Waals surface area contributed by atoms with E-state index in [1.807, 2.05) is 11.8 Å². The Labute approximate surface area is 67.0 Å². The fourth-order valence-corrected chi connectivity index (χ4v) is 3.37. The minimum Gasteiger partial charge on any atom is -0.305 e. The Bertz CT molecular complexity index is 126. The molecular weight excluding hydrogens is 142 g/mol. The van der Waals surface area contributed by atoms with Crippen LogP contribution in [0.1, 0.15) is 19.3 Å². The molecule has 0 amide bonds. The molecule has 0 radical (unpaired) electrons. The summed E-state index contributed by atoms with van der Waals surface area (Å²) in [4.78, 5) is 0. The maximum atomic E-state index is 3.57. The Hall–Kier alpha value is 0.310. The smallest absolute Gasteiger partial charge is 0.0561 e. The Morgan fingerprint density at radius 2 is 2.30 bits per heavy atom. The van der Waals surface area contributed by atoms with Gasteiger partial charge in [-0.2, -0.15) is 0 Å². The Kier molecular flexibility index (Phi) is 1.92. The lowest BCUT2D eigenvalue weighted by atomic mass is 10.0.